The molecule has 1 aliphatic carbocycles. The molecule has 12 heavy (non-hydrogen) atoms. The molecule has 1 aromatic heterocycles. The molecule has 64 valence electrons. The molecule has 0 saturated heterocycles. The number of rotatable bonds is 2. The van der Waals surface area contributed by atoms with Gasteiger partial charge >= 0.3 is 0 Å². The normalized spacial score (nSPS) is 19.2. The van der Waals surface area contributed by atoms with E-state index < -0.39 is 0 Å². The van der Waals surface area contributed by atoms with Crippen molar-refractivity contribution in [2.24, 2.45) is 5.92 Å². The standard InChI is InChI=1S/C10H12FN/c1-7(8-5-6-8)9-3-2-4-10(11)12-9/h2-4,7-8H,5-6H2,1H3/t7-/m1/s1. The average Bonchev–Trinajstić information content (AvgIpc) is 2.85. The molecule has 0 radical (unpaired) electrons. The van der Waals surface area contributed by atoms with Crippen molar-refractivity contribution >= 4 is 0 Å². The van der Waals surface area contributed by atoms with Crippen molar-refractivity contribution in [2.45, 2.75) is 25.7 Å². The van der Waals surface area contributed by atoms with Crippen LogP contribution in [0.1, 0.15) is 31.4 Å². The Morgan fingerprint density at radius 3 is 2.83 bits per heavy atom. The topological polar surface area (TPSA) is 12.9 Å². The van der Waals surface area contributed by atoms with Crippen LogP contribution in [0.4, 0.5) is 4.39 Å². The Balaban J connectivity index is 2.20. The Kier molecular flexibility index (Phi) is 1.83. The van der Waals surface area contributed by atoms with Crippen LogP contribution in [0.2, 0.25) is 0 Å². The van der Waals surface area contributed by atoms with Crippen molar-refractivity contribution < 1.29 is 4.39 Å². The van der Waals surface area contributed by atoms with Gasteiger partial charge in [-0.1, -0.05) is 13.0 Å². The lowest BCUT2D eigenvalue weighted by molar-refractivity contribution is 0.556. The number of pyridine rings is 1. The van der Waals surface area contributed by atoms with Gasteiger partial charge in [-0.15, -0.1) is 0 Å². The number of hydrogen-bond donors (Lipinski definition) is 0. The minimum absolute atomic E-state index is 0.361. The van der Waals surface area contributed by atoms with Crippen LogP contribution in [0.3, 0.4) is 0 Å². The van der Waals surface area contributed by atoms with Gasteiger partial charge in [0.2, 0.25) is 5.95 Å². The molecule has 0 amide bonds. The second-order valence-electron chi connectivity index (χ2n) is 3.51. The van der Waals surface area contributed by atoms with Crippen molar-refractivity contribution in [3.8, 4) is 0 Å². The predicted octanol–water partition coefficient (Wildman–Crippen LogP) is 2.73. The molecule has 1 atom stereocenters. The third-order valence-corrected chi connectivity index (χ3v) is 2.53. The lowest BCUT2D eigenvalue weighted by Crippen LogP contribution is -1.99. The van der Waals surface area contributed by atoms with Crippen LogP contribution in [0.15, 0.2) is 18.2 Å². The summed E-state index contributed by atoms with van der Waals surface area (Å²) in [4.78, 5) is 3.87. The molecule has 1 aliphatic rings. The number of hydrogen-bond acceptors (Lipinski definition) is 1. The van der Waals surface area contributed by atoms with Gasteiger partial charge in [-0.3, -0.25) is 0 Å². The maximum atomic E-state index is 12.7. The summed E-state index contributed by atoms with van der Waals surface area (Å²) in [6.45, 7) is 2.12. The second kappa shape index (κ2) is 2.85. The smallest absolute Gasteiger partial charge is 0.213 e. The lowest BCUT2D eigenvalue weighted by atomic mass is 10.0. The van der Waals surface area contributed by atoms with E-state index in [1.165, 1.54) is 18.9 Å². The lowest BCUT2D eigenvalue weighted by Gasteiger charge is -2.07. The zero-order chi connectivity index (χ0) is 8.55. The molecule has 1 aromatic rings. The summed E-state index contributed by atoms with van der Waals surface area (Å²) in [6, 6.07) is 5.03. The van der Waals surface area contributed by atoms with Gasteiger partial charge in [-0.05, 0) is 30.9 Å². The van der Waals surface area contributed by atoms with Gasteiger partial charge in [0.15, 0.2) is 0 Å². The van der Waals surface area contributed by atoms with Gasteiger partial charge in [0.25, 0.3) is 0 Å². The highest BCUT2D eigenvalue weighted by Gasteiger charge is 2.29. The molecule has 1 nitrogen and oxygen atoms in total. The van der Waals surface area contributed by atoms with Crippen molar-refractivity contribution in [2.75, 3.05) is 0 Å². The van der Waals surface area contributed by atoms with Gasteiger partial charge in [-0.25, -0.2) is 4.98 Å². The summed E-state index contributed by atoms with van der Waals surface area (Å²) in [5.41, 5.74) is 0.900. The molecule has 2 rings (SSSR count). The highest BCUT2D eigenvalue weighted by atomic mass is 19.1. The number of nitrogens with zero attached hydrogens (tertiary/aromatic N) is 1. The largest absolute Gasteiger partial charge is 0.225 e. The molecule has 0 aliphatic heterocycles. The SMILES string of the molecule is C[C@@H](c1cccc(F)n1)C1CC1. The number of aromatic nitrogens is 1. The molecule has 0 unspecified atom stereocenters. The first kappa shape index (κ1) is 7.71. The first-order chi connectivity index (χ1) is 5.77. The van der Waals surface area contributed by atoms with Crippen LogP contribution >= 0.6 is 0 Å². The molecule has 1 fully saturated rings. The highest BCUT2D eigenvalue weighted by molar-refractivity contribution is 5.12. The summed E-state index contributed by atoms with van der Waals surface area (Å²) in [5, 5.41) is 0. The molecular weight excluding hydrogens is 153 g/mol. The Bertz CT molecular complexity index is 281. The van der Waals surface area contributed by atoms with Crippen LogP contribution in [0, 0.1) is 11.9 Å². The van der Waals surface area contributed by atoms with E-state index in [1.54, 1.807) is 6.07 Å². The van der Waals surface area contributed by atoms with E-state index in [9.17, 15) is 4.39 Å². The maximum absolute atomic E-state index is 12.7. The first-order valence-corrected chi connectivity index (χ1v) is 4.40. The van der Waals surface area contributed by atoms with E-state index in [4.69, 9.17) is 0 Å². The fraction of sp³-hybridized carbons (Fsp3) is 0.500. The Labute approximate surface area is 71.6 Å². The van der Waals surface area contributed by atoms with E-state index in [-0.39, 0.29) is 5.95 Å². The Morgan fingerprint density at radius 2 is 2.25 bits per heavy atom. The molecule has 0 spiro atoms. The van der Waals surface area contributed by atoms with Crippen LogP contribution in [-0.2, 0) is 0 Å². The second-order valence-corrected chi connectivity index (χ2v) is 3.51. The van der Waals surface area contributed by atoms with Gasteiger partial charge < -0.3 is 0 Å². The summed E-state index contributed by atoms with van der Waals surface area (Å²) < 4.78 is 12.7. The Morgan fingerprint density at radius 1 is 1.50 bits per heavy atom. The van der Waals surface area contributed by atoms with Gasteiger partial charge in [0, 0.05) is 11.6 Å². The van der Waals surface area contributed by atoms with Crippen molar-refractivity contribution in [1.82, 2.24) is 4.98 Å². The minimum Gasteiger partial charge on any atom is -0.225 e. The van der Waals surface area contributed by atoms with Crippen LogP contribution in [-0.4, -0.2) is 4.98 Å². The highest BCUT2D eigenvalue weighted by Crippen LogP contribution is 2.41. The molecule has 0 bridgehead atoms. The van der Waals surface area contributed by atoms with Crippen LogP contribution in [0.5, 0.6) is 0 Å². The third kappa shape index (κ3) is 1.47. The molecule has 0 N–H and O–H groups in total. The molecule has 1 saturated carbocycles. The summed E-state index contributed by atoms with van der Waals surface area (Å²) in [7, 11) is 0. The average molecular weight is 165 g/mol. The molecule has 1 heterocycles. The minimum atomic E-state index is -0.361. The Hall–Kier alpha value is -0.920. The zero-order valence-electron chi connectivity index (χ0n) is 7.13. The van der Waals surface area contributed by atoms with E-state index in [0.717, 1.165) is 11.6 Å². The fourth-order valence-corrected chi connectivity index (χ4v) is 1.52. The first-order valence-electron chi connectivity index (χ1n) is 4.40. The van der Waals surface area contributed by atoms with E-state index in [2.05, 4.69) is 11.9 Å². The molecular formula is C10H12FN. The maximum Gasteiger partial charge on any atom is 0.213 e. The predicted molar refractivity (Wildman–Crippen MR) is 45.3 cm³/mol. The summed E-state index contributed by atoms with van der Waals surface area (Å²) >= 11 is 0. The van der Waals surface area contributed by atoms with Crippen LogP contribution < -0.4 is 0 Å². The van der Waals surface area contributed by atoms with Gasteiger partial charge in [-0.2, -0.15) is 4.39 Å². The monoisotopic (exact) mass is 165 g/mol. The third-order valence-electron chi connectivity index (χ3n) is 2.53. The summed E-state index contributed by atoms with van der Waals surface area (Å²) in [6.07, 6.45) is 2.55. The van der Waals surface area contributed by atoms with Crippen molar-refractivity contribution in [3.05, 3.63) is 29.8 Å². The summed E-state index contributed by atoms with van der Waals surface area (Å²) in [5.74, 6) is 0.819. The van der Waals surface area contributed by atoms with Crippen LogP contribution in [0.25, 0.3) is 0 Å². The van der Waals surface area contributed by atoms with Gasteiger partial charge in [0.05, 0.1) is 0 Å². The van der Waals surface area contributed by atoms with Gasteiger partial charge in [0.1, 0.15) is 0 Å². The number of halogens is 1. The quantitative estimate of drug-likeness (QED) is 0.614. The fourth-order valence-electron chi connectivity index (χ4n) is 1.52. The molecule has 2 heteroatoms. The molecule has 0 aromatic carbocycles. The van der Waals surface area contributed by atoms with Crippen molar-refractivity contribution in [1.29, 1.82) is 0 Å². The van der Waals surface area contributed by atoms with E-state index in [1.807, 2.05) is 6.07 Å². The zero-order valence-corrected chi connectivity index (χ0v) is 7.13. The van der Waals surface area contributed by atoms with Crippen molar-refractivity contribution in [3.63, 3.8) is 0 Å². The van der Waals surface area contributed by atoms with E-state index in [0.29, 0.717) is 5.92 Å². The van der Waals surface area contributed by atoms with E-state index >= 15 is 0 Å².